The van der Waals surface area contributed by atoms with E-state index in [2.05, 4.69) is 16.4 Å². The second-order valence-electron chi connectivity index (χ2n) is 8.89. The molecule has 0 radical (unpaired) electrons. The highest BCUT2D eigenvalue weighted by Gasteiger charge is 2.34. The van der Waals surface area contributed by atoms with Gasteiger partial charge in [0.25, 0.3) is 5.91 Å². The number of aromatic nitrogens is 1. The monoisotopic (exact) mass is 515 g/mol. The number of benzene rings is 2. The fraction of sp³-hybridized carbons (Fsp3) is 0.296. The van der Waals surface area contributed by atoms with Gasteiger partial charge in [-0.25, -0.2) is 4.98 Å². The molecular weight excluding hydrogens is 491 g/mol. The smallest absolute Gasteiger partial charge is 0.417 e. The molecule has 2 atom stereocenters. The third-order valence-corrected chi connectivity index (χ3v) is 6.15. The van der Waals surface area contributed by atoms with Crippen LogP contribution in [0.25, 0.3) is 0 Å². The van der Waals surface area contributed by atoms with Crippen molar-refractivity contribution in [1.29, 1.82) is 5.26 Å². The van der Waals surface area contributed by atoms with E-state index in [1.165, 1.54) is 13.8 Å². The molecule has 3 rings (SSSR count). The largest absolute Gasteiger partial charge is 0.462 e. The molecule has 1 N–H and O–H groups in total. The fourth-order valence-corrected chi connectivity index (χ4v) is 3.88. The van der Waals surface area contributed by atoms with Crippen molar-refractivity contribution >= 4 is 17.5 Å². The third kappa shape index (κ3) is 6.76. The van der Waals surface area contributed by atoms with Crippen molar-refractivity contribution in [2.75, 3.05) is 6.54 Å². The van der Waals surface area contributed by atoms with E-state index in [1.54, 1.807) is 30.3 Å². The predicted molar refractivity (Wildman–Crippen MR) is 131 cm³/mol. The molecule has 1 amide bonds. The van der Waals surface area contributed by atoms with Gasteiger partial charge in [0.05, 0.1) is 17.2 Å². The Hall–Kier alpha value is -3.57. The van der Waals surface area contributed by atoms with Crippen molar-refractivity contribution in [3.8, 4) is 11.9 Å². The summed E-state index contributed by atoms with van der Waals surface area (Å²) in [5.74, 6) is -0.801. The van der Waals surface area contributed by atoms with Crippen LogP contribution >= 0.6 is 11.6 Å². The number of carbonyl (C=O) groups excluding carboxylic acids is 1. The molecule has 9 heteroatoms. The lowest BCUT2D eigenvalue weighted by Gasteiger charge is -2.29. The first-order valence-corrected chi connectivity index (χ1v) is 11.5. The zero-order chi connectivity index (χ0) is 26.5. The first-order chi connectivity index (χ1) is 16.9. The van der Waals surface area contributed by atoms with Crippen LogP contribution in [0.4, 0.5) is 13.2 Å². The highest BCUT2D eigenvalue weighted by Crippen LogP contribution is 2.34. The molecule has 0 unspecified atom stereocenters. The molecule has 0 aliphatic carbocycles. The van der Waals surface area contributed by atoms with Crippen LogP contribution in [0.15, 0.2) is 66.9 Å². The summed E-state index contributed by atoms with van der Waals surface area (Å²) in [5, 5.41) is 12.8. The molecule has 0 spiro atoms. The lowest BCUT2D eigenvalue weighted by Crippen LogP contribution is -2.48. The SMILES string of the molecule is C[C@H](c1ccc(Cl)cc1)[C@H](CNC(=O)C(C)(C)Oc1ccc(C(F)(F)F)cn1)c1cccc(C#N)c1. The molecule has 188 valence electrons. The number of alkyl halides is 3. The van der Waals surface area contributed by atoms with Gasteiger partial charge in [0, 0.05) is 29.7 Å². The molecule has 0 fully saturated rings. The first-order valence-electron chi connectivity index (χ1n) is 11.2. The molecule has 2 aromatic carbocycles. The van der Waals surface area contributed by atoms with Crippen molar-refractivity contribution in [2.24, 2.45) is 0 Å². The average molecular weight is 516 g/mol. The molecule has 1 aromatic heterocycles. The van der Waals surface area contributed by atoms with Gasteiger partial charge in [0.2, 0.25) is 5.88 Å². The second-order valence-corrected chi connectivity index (χ2v) is 9.33. The Labute approximate surface area is 212 Å². The number of hydrogen-bond acceptors (Lipinski definition) is 4. The Morgan fingerprint density at radius 1 is 1.11 bits per heavy atom. The highest BCUT2D eigenvalue weighted by molar-refractivity contribution is 6.30. The molecule has 0 bridgehead atoms. The van der Waals surface area contributed by atoms with Crippen LogP contribution in [0.3, 0.4) is 0 Å². The summed E-state index contributed by atoms with van der Waals surface area (Å²) in [4.78, 5) is 16.7. The van der Waals surface area contributed by atoms with Crippen molar-refractivity contribution in [2.45, 2.75) is 44.4 Å². The van der Waals surface area contributed by atoms with Gasteiger partial charge in [0.15, 0.2) is 5.60 Å². The number of nitrogens with zero attached hydrogens (tertiary/aromatic N) is 2. The van der Waals surface area contributed by atoms with Crippen LogP contribution in [0.1, 0.15) is 54.9 Å². The Morgan fingerprint density at radius 3 is 2.39 bits per heavy atom. The maximum Gasteiger partial charge on any atom is 0.417 e. The van der Waals surface area contributed by atoms with E-state index in [1.807, 2.05) is 25.1 Å². The summed E-state index contributed by atoms with van der Waals surface area (Å²) in [5.41, 5.74) is 0.0697. The molecular formula is C27H25ClF3N3O2. The number of ether oxygens (including phenoxy) is 1. The van der Waals surface area contributed by atoms with Crippen LogP contribution in [-0.4, -0.2) is 23.0 Å². The van der Waals surface area contributed by atoms with Crippen LogP contribution < -0.4 is 10.1 Å². The topological polar surface area (TPSA) is 75.0 Å². The standard InChI is InChI=1S/C27H25ClF3N3O2/c1-17(19-7-10-22(28)11-8-19)23(20-6-4-5-18(13-20)14-32)16-34-25(35)26(2,3)36-24-12-9-21(15-33-24)27(29,30)31/h4-13,15,17,23H,16H2,1-3H3,(H,34,35)/t17-,23+/m1/s1. The summed E-state index contributed by atoms with van der Waals surface area (Å²) in [6.45, 7) is 5.27. The number of pyridine rings is 1. The summed E-state index contributed by atoms with van der Waals surface area (Å²) in [6, 6.07) is 18.7. The number of amides is 1. The van der Waals surface area contributed by atoms with E-state index in [0.717, 1.165) is 23.3 Å². The van der Waals surface area contributed by atoms with Crippen molar-refractivity contribution in [3.05, 3.63) is 94.1 Å². The van der Waals surface area contributed by atoms with Crippen LogP contribution in [0.2, 0.25) is 5.02 Å². The minimum atomic E-state index is -4.52. The summed E-state index contributed by atoms with van der Waals surface area (Å²) in [7, 11) is 0. The minimum Gasteiger partial charge on any atom is -0.462 e. The Bertz CT molecular complexity index is 1240. The number of hydrogen-bond donors (Lipinski definition) is 1. The zero-order valence-corrected chi connectivity index (χ0v) is 20.7. The van der Waals surface area contributed by atoms with Crippen LogP contribution in [0.5, 0.6) is 5.88 Å². The molecule has 0 aliphatic heterocycles. The van der Waals surface area contributed by atoms with E-state index >= 15 is 0 Å². The summed E-state index contributed by atoms with van der Waals surface area (Å²) < 4.78 is 44.0. The summed E-state index contributed by atoms with van der Waals surface area (Å²) >= 11 is 6.04. The fourth-order valence-electron chi connectivity index (χ4n) is 3.75. The van der Waals surface area contributed by atoms with Crippen molar-refractivity contribution < 1.29 is 22.7 Å². The molecule has 36 heavy (non-hydrogen) atoms. The number of nitrogens with one attached hydrogen (secondary N) is 1. The second kappa shape index (κ2) is 11.0. The van der Waals surface area contributed by atoms with Gasteiger partial charge in [-0.15, -0.1) is 0 Å². The van der Waals surface area contributed by atoms with Gasteiger partial charge < -0.3 is 10.1 Å². The van der Waals surface area contributed by atoms with Crippen LogP contribution in [-0.2, 0) is 11.0 Å². The molecule has 0 saturated carbocycles. The van der Waals surface area contributed by atoms with Gasteiger partial charge in [-0.05, 0) is 61.2 Å². The molecule has 3 aromatic rings. The Morgan fingerprint density at radius 2 is 1.81 bits per heavy atom. The van der Waals surface area contributed by atoms with Crippen molar-refractivity contribution in [3.63, 3.8) is 0 Å². The lowest BCUT2D eigenvalue weighted by molar-refractivity contribution is -0.138. The van der Waals surface area contributed by atoms with E-state index < -0.39 is 23.2 Å². The van der Waals surface area contributed by atoms with Gasteiger partial charge in [-0.2, -0.15) is 18.4 Å². The van der Waals surface area contributed by atoms with Crippen LogP contribution in [0, 0.1) is 11.3 Å². The number of rotatable bonds is 8. The number of halogens is 4. The van der Waals surface area contributed by atoms with E-state index in [0.29, 0.717) is 16.8 Å². The predicted octanol–water partition coefficient (Wildman–Crippen LogP) is 6.49. The quantitative estimate of drug-likeness (QED) is 0.372. The van der Waals surface area contributed by atoms with E-state index in [9.17, 15) is 23.2 Å². The molecule has 0 aliphatic rings. The first kappa shape index (κ1) is 27.0. The normalized spacial score (nSPS) is 13.4. The van der Waals surface area contributed by atoms with Gasteiger partial charge in [-0.3, -0.25) is 4.79 Å². The lowest BCUT2D eigenvalue weighted by atomic mass is 9.82. The Kier molecular flexibility index (Phi) is 8.26. The maximum atomic E-state index is 13.0. The van der Waals surface area contributed by atoms with Crippen molar-refractivity contribution in [1.82, 2.24) is 10.3 Å². The van der Waals surface area contributed by atoms with Gasteiger partial charge >= 0.3 is 6.18 Å². The zero-order valence-electron chi connectivity index (χ0n) is 19.9. The maximum absolute atomic E-state index is 13.0. The van der Waals surface area contributed by atoms with Gasteiger partial charge in [0.1, 0.15) is 0 Å². The Balaban J connectivity index is 1.78. The number of carbonyl (C=O) groups is 1. The highest BCUT2D eigenvalue weighted by atomic mass is 35.5. The third-order valence-electron chi connectivity index (χ3n) is 5.90. The minimum absolute atomic E-state index is 0.0443. The average Bonchev–Trinajstić information content (AvgIpc) is 2.84. The number of nitriles is 1. The van der Waals surface area contributed by atoms with E-state index in [4.69, 9.17) is 16.3 Å². The van der Waals surface area contributed by atoms with Gasteiger partial charge in [-0.1, -0.05) is 42.8 Å². The molecule has 1 heterocycles. The molecule has 0 saturated heterocycles. The van der Waals surface area contributed by atoms with E-state index in [-0.39, 0.29) is 24.3 Å². The molecule has 5 nitrogen and oxygen atoms in total. The summed E-state index contributed by atoms with van der Waals surface area (Å²) in [6.07, 6.45) is -3.85.